The summed E-state index contributed by atoms with van der Waals surface area (Å²) in [4.78, 5) is 2.45. The van der Waals surface area contributed by atoms with Crippen LogP contribution in [0.3, 0.4) is 0 Å². The van der Waals surface area contributed by atoms with E-state index in [-0.39, 0.29) is 5.60 Å². The van der Waals surface area contributed by atoms with Gasteiger partial charge in [0, 0.05) is 26.2 Å². The Balaban J connectivity index is 1.68. The first kappa shape index (κ1) is 15.3. The highest BCUT2D eigenvalue weighted by Crippen LogP contribution is 2.17. The SMILES string of the molecule is CC1(C)CN(CCCOc2cccc(CN)c2)CCO1. The predicted molar refractivity (Wildman–Crippen MR) is 80.9 cm³/mol. The van der Waals surface area contributed by atoms with Gasteiger partial charge in [-0.15, -0.1) is 0 Å². The molecule has 1 aromatic rings. The van der Waals surface area contributed by atoms with Crippen LogP contribution in [0.1, 0.15) is 25.8 Å². The maximum atomic E-state index is 5.78. The standard InChI is InChI=1S/C16H26N2O2/c1-16(2)13-18(8-10-20-16)7-4-9-19-15-6-3-5-14(11-15)12-17/h3,5-6,11H,4,7-10,12-13,17H2,1-2H3. The smallest absolute Gasteiger partial charge is 0.119 e. The Morgan fingerprint density at radius 2 is 2.25 bits per heavy atom. The van der Waals surface area contributed by atoms with Gasteiger partial charge in [-0.1, -0.05) is 12.1 Å². The van der Waals surface area contributed by atoms with E-state index in [1.807, 2.05) is 24.3 Å². The molecular formula is C16H26N2O2. The van der Waals surface area contributed by atoms with Crippen LogP contribution >= 0.6 is 0 Å². The first-order valence-corrected chi connectivity index (χ1v) is 7.37. The summed E-state index contributed by atoms with van der Waals surface area (Å²) in [7, 11) is 0. The maximum absolute atomic E-state index is 5.78. The molecule has 4 nitrogen and oxygen atoms in total. The zero-order valence-electron chi connectivity index (χ0n) is 12.6. The Kier molecular flexibility index (Phi) is 5.40. The van der Waals surface area contributed by atoms with E-state index in [4.69, 9.17) is 15.2 Å². The van der Waals surface area contributed by atoms with Crippen LogP contribution in [0.2, 0.25) is 0 Å². The fraction of sp³-hybridized carbons (Fsp3) is 0.625. The first-order valence-electron chi connectivity index (χ1n) is 7.37. The number of rotatable bonds is 6. The molecule has 0 amide bonds. The second-order valence-corrected chi connectivity index (χ2v) is 5.94. The molecule has 0 radical (unpaired) electrons. The normalized spacial score (nSPS) is 18.9. The van der Waals surface area contributed by atoms with Crippen LogP contribution in [0.15, 0.2) is 24.3 Å². The minimum Gasteiger partial charge on any atom is -0.494 e. The van der Waals surface area contributed by atoms with Crippen molar-refractivity contribution in [2.45, 2.75) is 32.4 Å². The van der Waals surface area contributed by atoms with Gasteiger partial charge < -0.3 is 15.2 Å². The van der Waals surface area contributed by atoms with Crippen LogP contribution < -0.4 is 10.5 Å². The molecule has 0 unspecified atom stereocenters. The molecule has 112 valence electrons. The molecule has 0 aromatic heterocycles. The molecule has 0 bridgehead atoms. The van der Waals surface area contributed by atoms with Crippen LogP contribution in [0.5, 0.6) is 5.75 Å². The number of nitrogens with zero attached hydrogens (tertiary/aromatic N) is 1. The monoisotopic (exact) mass is 278 g/mol. The minimum absolute atomic E-state index is 0.0193. The summed E-state index contributed by atoms with van der Waals surface area (Å²) in [5.74, 6) is 0.912. The average molecular weight is 278 g/mol. The van der Waals surface area contributed by atoms with E-state index in [0.29, 0.717) is 6.54 Å². The van der Waals surface area contributed by atoms with Crippen LogP contribution in [0.25, 0.3) is 0 Å². The van der Waals surface area contributed by atoms with Gasteiger partial charge in [-0.3, -0.25) is 4.90 Å². The molecule has 1 aliphatic heterocycles. The molecule has 2 N–H and O–H groups in total. The second kappa shape index (κ2) is 7.07. The van der Waals surface area contributed by atoms with Crippen molar-refractivity contribution in [3.63, 3.8) is 0 Å². The lowest BCUT2D eigenvalue weighted by molar-refractivity contribution is -0.0864. The Morgan fingerprint density at radius 1 is 1.40 bits per heavy atom. The van der Waals surface area contributed by atoms with Crippen molar-refractivity contribution in [2.75, 3.05) is 32.8 Å². The van der Waals surface area contributed by atoms with Crippen LogP contribution in [-0.2, 0) is 11.3 Å². The van der Waals surface area contributed by atoms with Gasteiger partial charge in [-0.05, 0) is 38.0 Å². The second-order valence-electron chi connectivity index (χ2n) is 5.94. The molecule has 1 fully saturated rings. The topological polar surface area (TPSA) is 47.7 Å². The lowest BCUT2D eigenvalue weighted by Crippen LogP contribution is -2.48. The third-order valence-corrected chi connectivity index (χ3v) is 3.53. The van der Waals surface area contributed by atoms with Gasteiger partial charge in [-0.2, -0.15) is 0 Å². The molecule has 0 saturated carbocycles. The fourth-order valence-electron chi connectivity index (χ4n) is 2.55. The predicted octanol–water partition coefficient (Wildman–Crippen LogP) is 2.03. The Hall–Kier alpha value is -1.10. The molecule has 1 aliphatic rings. The van der Waals surface area contributed by atoms with Gasteiger partial charge in [0.1, 0.15) is 5.75 Å². The van der Waals surface area contributed by atoms with E-state index < -0.39 is 0 Å². The quantitative estimate of drug-likeness (QED) is 0.809. The summed E-state index contributed by atoms with van der Waals surface area (Å²) in [6, 6.07) is 8.00. The Bertz CT molecular complexity index is 421. The summed E-state index contributed by atoms with van der Waals surface area (Å²) in [6.07, 6.45) is 1.03. The molecule has 0 spiro atoms. The van der Waals surface area contributed by atoms with Crippen molar-refractivity contribution in [2.24, 2.45) is 5.73 Å². The molecule has 0 atom stereocenters. The third kappa shape index (κ3) is 4.78. The summed E-state index contributed by atoms with van der Waals surface area (Å²) in [6.45, 7) is 9.49. The highest BCUT2D eigenvalue weighted by molar-refractivity contribution is 5.28. The minimum atomic E-state index is -0.0193. The molecule has 0 aliphatic carbocycles. The van der Waals surface area contributed by atoms with Gasteiger partial charge in [0.05, 0.1) is 18.8 Å². The third-order valence-electron chi connectivity index (χ3n) is 3.53. The van der Waals surface area contributed by atoms with Crippen LogP contribution in [0.4, 0.5) is 0 Å². The van der Waals surface area contributed by atoms with Crippen LogP contribution in [0, 0.1) is 0 Å². The Labute approximate surface area is 121 Å². The van der Waals surface area contributed by atoms with Crippen molar-refractivity contribution in [1.82, 2.24) is 4.90 Å². The molecule has 4 heteroatoms. The van der Waals surface area contributed by atoms with E-state index in [1.54, 1.807) is 0 Å². The summed E-state index contributed by atoms with van der Waals surface area (Å²) < 4.78 is 11.5. The van der Waals surface area contributed by atoms with Crippen LogP contribution in [-0.4, -0.2) is 43.3 Å². The van der Waals surface area contributed by atoms with E-state index in [0.717, 1.165) is 50.6 Å². The van der Waals surface area contributed by atoms with Crippen molar-refractivity contribution in [1.29, 1.82) is 0 Å². The molecule has 1 heterocycles. The largest absolute Gasteiger partial charge is 0.494 e. The number of hydrogen-bond donors (Lipinski definition) is 1. The van der Waals surface area contributed by atoms with Gasteiger partial charge in [0.15, 0.2) is 0 Å². The number of morpholine rings is 1. The molecular weight excluding hydrogens is 252 g/mol. The van der Waals surface area contributed by atoms with Crippen molar-refractivity contribution >= 4 is 0 Å². The fourth-order valence-corrected chi connectivity index (χ4v) is 2.55. The summed E-state index contributed by atoms with van der Waals surface area (Å²) in [5.41, 5.74) is 6.71. The zero-order chi connectivity index (χ0) is 14.4. The van der Waals surface area contributed by atoms with Gasteiger partial charge >= 0.3 is 0 Å². The summed E-state index contributed by atoms with van der Waals surface area (Å²) in [5, 5.41) is 0. The van der Waals surface area contributed by atoms with Gasteiger partial charge in [0.2, 0.25) is 0 Å². The average Bonchev–Trinajstić information content (AvgIpc) is 2.43. The van der Waals surface area contributed by atoms with Gasteiger partial charge in [-0.25, -0.2) is 0 Å². The van der Waals surface area contributed by atoms with Crippen molar-refractivity contribution in [3.8, 4) is 5.75 Å². The van der Waals surface area contributed by atoms with Gasteiger partial charge in [0.25, 0.3) is 0 Å². The highest BCUT2D eigenvalue weighted by Gasteiger charge is 2.26. The van der Waals surface area contributed by atoms with E-state index in [1.165, 1.54) is 0 Å². The number of benzene rings is 1. The molecule has 1 saturated heterocycles. The van der Waals surface area contributed by atoms with Crippen molar-refractivity contribution in [3.05, 3.63) is 29.8 Å². The lowest BCUT2D eigenvalue weighted by Gasteiger charge is -2.38. The van der Waals surface area contributed by atoms with E-state index in [9.17, 15) is 0 Å². The first-order chi connectivity index (χ1) is 9.59. The van der Waals surface area contributed by atoms with Crippen molar-refractivity contribution < 1.29 is 9.47 Å². The van der Waals surface area contributed by atoms with E-state index >= 15 is 0 Å². The summed E-state index contributed by atoms with van der Waals surface area (Å²) >= 11 is 0. The number of hydrogen-bond acceptors (Lipinski definition) is 4. The highest BCUT2D eigenvalue weighted by atomic mass is 16.5. The number of nitrogens with two attached hydrogens (primary N) is 1. The maximum Gasteiger partial charge on any atom is 0.119 e. The molecule has 2 rings (SSSR count). The lowest BCUT2D eigenvalue weighted by atomic mass is 10.1. The zero-order valence-corrected chi connectivity index (χ0v) is 12.6. The Morgan fingerprint density at radius 3 is 3.00 bits per heavy atom. The molecule has 20 heavy (non-hydrogen) atoms. The van der Waals surface area contributed by atoms with E-state index in [2.05, 4.69) is 18.7 Å². The molecule has 1 aromatic carbocycles. The number of ether oxygens (including phenoxy) is 2.